The van der Waals surface area contributed by atoms with Gasteiger partial charge in [-0.05, 0) is 29.3 Å². The zero-order chi connectivity index (χ0) is 14.5. The van der Waals surface area contributed by atoms with Crippen molar-refractivity contribution in [3.05, 3.63) is 58.6 Å². The number of halogens is 1. The van der Waals surface area contributed by atoms with Crippen molar-refractivity contribution in [2.75, 3.05) is 14.2 Å². The number of rotatable bonds is 5. The molecule has 0 aliphatic carbocycles. The standard InChI is InChI=1S/C16H17ClO3/c1-19-15-6-4-3-5-12(15)10-14(18)11-7-8-16(20-2)13(17)9-11/h3-9,14,18H,10H2,1-2H3. The van der Waals surface area contributed by atoms with Crippen LogP contribution in [0.15, 0.2) is 42.5 Å². The van der Waals surface area contributed by atoms with Gasteiger partial charge in [0.25, 0.3) is 0 Å². The Kier molecular flexibility index (Phi) is 4.88. The van der Waals surface area contributed by atoms with Gasteiger partial charge in [0.05, 0.1) is 25.3 Å². The van der Waals surface area contributed by atoms with Crippen molar-refractivity contribution < 1.29 is 14.6 Å². The number of hydrogen-bond acceptors (Lipinski definition) is 3. The first-order valence-electron chi connectivity index (χ1n) is 6.29. The second-order valence-electron chi connectivity index (χ2n) is 4.43. The lowest BCUT2D eigenvalue weighted by molar-refractivity contribution is 0.177. The molecule has 20 heavy (non-hydrogen) atoms. The minimum atomic E-state index is -0.644. The molecule has 0 bridgehead atoms. The van der Waals surface area contributed by atoms with Gasteiger partial charge >= 0.3 is 0 Å². The van der Waals surface area contributed by atoms with Crippen LogP contribution in [0, 0.1) is 0 Å². The van der Waals surface area contributed by atoms with Crippen LogP contribution < -0.4 is 9.47 Å². The van der Waals surface area contributed by atoms with Gasteiger partial charge in [-0.1, -0.05) is 35.9 Å². The van der Waals surface area contributed by atoms with Crippen LogP contribution in [0.3, 0.4) is 0 Å². The summed E-state index contributed by atoms with van der Waals surface area (Å²) in [4.78, 5) is 0. The van der Waals surface area contributed by atoms with Gasteiger partial charge in [0, 0.05) is 6.42 Å². The Morgan fingerprint density at radius 1 is 1.05 bits per heavy atom. The predicted molar refractivity (Wildman–Crippen MR) is 79.7 cm³/mol. The van der Waals surface area contributed by atoms with E-state index in [0.29, 0.717) is 17.2 Å². The molecule has 0 spiro atoms. The van der Waals surface area contributed by atoms with Crippen LogP contribution in [0.1, 0.15) is 17.2 Å². The Labute approximate surface area is 123 Å². The normalized spacial score (nSPS) is 12.0. The highest BCUT2D eigenvalue weighted by molar-refractivity contribution is 6.32. The van der Waals surface area contributed by atoms with E-state index in [1.54, 1.807) is 26.4 Å². The summed E-state index contributed by atoms with van der Waals surface area (Å²) in [6.45, 7) is 0. The number of aliphatic hydroxyl groups excluding tert-OH is 1. The summed E-state index contributed by atoms with van der Waals surface area (Å²) in [7, 11) is 3.18. The van der Waals surface area contributed by atoms with E-state index in [1.165, 1.54) is 0 Å². The van der Waals surface area contributed by atoms with Crippen molar-refractivity contribution >= 4 is 11.6 Å². The van der Waals surface area contributed by atoms with Gasteiger partial charge in [-0.15, -0.1) is 0 Å². The zero-order valence-electron chi connectivity index (χ0n) is 11.5. The molecule has 3 nitrogen and oxygen atoms in total. The molecule has 1 unspecified atom stereocenters. The van der Waals surface area contributed by atoms with E-state index in [9.17, 15) is 5.11 Å². The number of benzene rings is 2. The second-order valence-corrected chi connectivity index (χ2v) is 4.83. The van der Waals surface area contributed by atoms with Gasteiger partial charge in [0.1, 0.15) is 11.5 Å². The molecule has 4 heteroatoms. The van der Waals surface area contributed by atoms with Crippen LogP contribution in [-0.4, -0.2) is 19.3 Å². The first-order chi connectivity index (χ1) is 9.65. The van der Waals surface area contributed by atoms with Crippen LogP contribution in [-0.2, 0) is 6.42 Å². The lowest BCUT2D eigenvalue weighted by Crippen LogP contribution is -2.03. The van der Waals surface area contributed by atoms with E-state index < -0.39 is 6.10 Å². The fourth-order valence-electron chi connectivity index (χ4n) is 2.09. The molecule has 0 aromatic heterocycles. The number of ether oxygens (including phenoxy) is 2. The number of hydrogen-bond donors (Lipinski definition) is 1. The lowest BCUT2D eigenvalue weighted by atomic mass is 10.0. The Morgan fingerprint density at radius 2 is 1.75 bits per heavy atom. The molecule has 0 fully saturated rings. The molecule has 0 saturated heterocycles. The Balaban J connectivity index is 2.19. The summed E-state index contributed by atoms with van der Waals surface area (Å²) < 4.78 is 10.4. The van der Waals surface area contributed by atoms with Gasteiger partial charge in [0.2, 0.25) is 0 Å². The smallest absolute Gasteiger partial charge is 0.137 e. The van der Waals surface area contributed by atoms with Gasteiger partial charge in [-0.3, -0.25) is 0 Å². The maximum Gasteiger partial charge on any atom is 0.137 e. The zero-order valence-corrected chi connectivity index (χ0v) is 12.2. The summed E-state index contributed by atoms with van der Waals surface area (Å²) in [5, 5.41) is 10.8. The topological polar surface area (TPSA) is 38.7 Å². The van der Waals surface area contributed by atoms with Crippen molar-refractivity contribution in [1.82, 2.24) is 0 Å². The van der Waals surface area contributed by atoms with E-state index in [1.807, 2.05) is 30.3 Å². The van der Waals surface area contributed by atoms with Crippen molar-refractivity contribution in [2.45, 2.75) is 12.5 Å². The average molecular weight is 293 g/mol. The Hall–Kier alpha value is -1.71. The average Bonchev–Trinajstić information content (AvgIpc) is 2.47. The van der Waals surface area contributed by atoms with Crippen LogP contribution >= 0.6 is 11.6 Å². The molecular formula is C16H17ClO3. The number of aliphatic hydroxyl groups is 1. The molecule has 2 aromatic rings. The first kappa shape index (κ1) is 14.7. The number of para-hydroxylation sites is 1. The molecule has 0 aliphatic rings. The largest absolute Gasteiger partial charge is 0.496 e. The van der Waals surface area contributed by atoms with Crippen molar-refractivity contribution in [1.29, 1.82) is 0 Å². The maximum atomic E-state index is 10.3. The quantitative estimate of drug-likeness (QED) is 0.914. The third kappa shape index (κ3) is 3.24. The Morgan fingerprint density at radius 3 is 2.40 bits per heavy atom. The number of methoxy groups -OCH3 is 2. The minimum absolute atomic E-state index is 0.465. The molecule has 0 amide bonds. The van der Waals surface area contributed by atoms with Gasteiger partial charge in [0.15, 0.2) is 0 Å². The first-order valence-corrected chi connectivity index (χ1v) is 6.67. The molecule has 106 valence electrons. The molecular weight excluding hydrogens is 276 g/mol. The lowest BCUT2D eigenvalue weighted by Gasteiger charge is -2.14. The summed E-state index contributed by atoms with van der Waals surface area (Å²) in [5.74, 6) is 1.37. The summed E-state index contributed by atoms with van der Waals surface area (Å²) in [6.07, 6.45) is -0.179. The minimum Gasteiger partial charge on any atom is -0.496 e. The van der Waals surface area contributed by atoms with Crippen molar-refractivity contribution in [2.24, 2.45) is 0 Å². The second kappa shape index (κ2) is 6.64. The van der Waals surface area contributed by atoms with E-state index in [0.717, 1.165) is 16.9 Å². The molecule has 1 atom stereocenters. The molecule has 0 heterocycles. The van der Waals surface area contributed by atoms with E-state index in [4.69, 9.17) is 21.1 Å². The van der Waals surface area contributed by atoms with Crippen LogP contribution in [0.2, 0.25) is 5.02 Å². The van der Waals surface area contributed by atoms with Gasteiger partial charge < -0.3 is 14.6 Å². The fraction of sp³-hybridized carbons (Fsp3) is 0.250. The van der Waals surface area contributed by atoms with E-state index in [-0.39, 0.29) is 0 Å². The highest BCUT2D eigenvalue weighted by atomic mass is 35.5. The van der Waals surface area contributed by atoms with E-state index >= 15 is 0 Å². The molecule has 2 rings (SSSR count). The monoisotopic (exact) mass is 292 g/mol. The molecule has 0 aliphatic heterocycles. The Bertz CT molecular complexity index is 584. The summed E-state index contributed by atoms with van der Waals surface area (Å²) >= 11 is 6.07. The molecule has 0 radical (unpaired) electrons. The molecule has 1 N–H and O–H groups in total. The van der Waals surface area contributed by atoms with Gasteiger partial charge in [-0.25, -0.2) is 0 Å². The molecule has 0 saturated carbocycles. The predicted octanol–water partition coefficient (Wildman–Crippen LogP) is 3.63. The molecule has 2 aromatic carbocycles. The van der Waals surface area contributed by atoms with E-state index in [2.05, 4.69) is 0 Å². The van der Waals surface area contributed by atoms with Crippen molar-refractivity contribution in [3.63, 3.8) is 0 Å². The highest BCUT2D eigenvalue weighted by Crippen LogP contribution is 2.30. The third-order valence-electron chi connectivity index (χ3n) is 3.17. The third-order valence-corrected chi connectivity index (χ3v) is 3.46. The van der Waals surface area contributed by atoms with Crippen LogP contribution in [0.4, 0.5) is 0 Å². The fourth-order valence-corrected chi connectivity index (χ4v) is 2.35. The summed E-state index contributed by atoms with van der Waals surface area (Å²) in [5.41, 5.74) is 1.70. The van der Waals surface area contributed by atoms with Crippen LogP contribution in [0.5, 0.6) is 11.5 Å². The van der Waals surface area contributed by atoms with Crippen molar-refractivity contribution in [3.8, 4) is 11.5 Å². The van der Waals surface area contributed by atoms with Crippen LogP contribution in [0.25, 0.3) is 0 Å². The highest BCUT2D eigenvalue weighted by Gasteiger charge is 2.13. The summed E-state index contributed by atoms with van der Waals surface area (Å²) in [6, 6.07) is 12.9. The van der Waals surface area contributed by atoms with Gasteiger partial charge in [-0.2, -0.15) is 0 Å². The maximum absolute atomic E-state index is 10.3. The SMILES string of the molecule is COc1ccc(C(O)Cc2ccccc2OC)cc1Cl.